The van der Waals surface area contributed by atoms with Crippen molar-refractivity contribution in [2.75, 3.05) is 25.0 Å². The van der Waals surface area contributed by atoms with E-state index < -0.39 is 0 Å². The molecule has 0 saturated carbocycles. The summed E-state index contributed by atoms with van der Waals surface area (Å²) in [4.78, 5) is 7.01. The summed E-state index contributed by atoms with van der Waals surface area (Å²) < 4.78 is 1.98. The van der Waals surface area contributed by atoms with Gasteiger partial charge in [0.15, 0.2) is 11.8 Å². The summed E-state index contributed by atoms with van der Waals surface area (Å²) in [7, 11) is 4.09. The third-order valence-electron chi connectivity index (χ3n) is 5.02. The Morgan fingerprint density at radius 1 is 1.00 bits per heavy atom. The van der Waals surface area contributed by atoms with Gasteiger partial charge in [0.05, 0.1) is 13.1 Å². The van der Waals surface area contributed by atoms with Crippen LogP contribution in [0.15, 0.2) is 65.7 Å². The molecule has 0 saturated heterocycles. The third kappa shape index (κ3) is 6.34. The maximum Gasteiger partial charge on any atom is 0.191 e. The van der Waals surface area contributed by atoms with Gasteiger partial charge in [0.1, 0.15) is 5.82 Å². The average molecular weight is 406 g/mol. The zero-order valence-electron chi connectivity index (χ0n) is 18.0. The molecule has 0 atom stereocenters. The van der Waals surface area contributed by atoms with E-state index >= 15 is 0 Å². The van der Waals surface area contributed by atoms with Crippen LogP contribution in [0.3, 0.4) is 0 Å². The van der Waals surface area contributed by atoms with Crippen LogP contribution < -0.4 is 15.5 Å². The Balaban J connectivity index is 1.54. The molecule has 0 radical (unpaired) electrons. The molecule has 158 valence electrons. The van der Waals surface area contributed by atoms with Crippen LogP contribution in [-0.2, 0) is 20.1 Å². The molecule has 0 unspecified atom stereocenters. The van der Waals surface area contributed by atoms with Gasteiger partial charge in [-0.15, -0.1) is 10.2 Å². The van der Waals surface area contributed by atoms with E-state index in [4.69, 9.17) is 4.99 Å². The zero-order valence-corrected chi connectivity index (χ0v) is 18.0. The highest BCUT2D eigenvalue weighted by Crippen LogP contribution is 2.10. The molecule has 7 nitrogen and oxygen atoms in total. The minimum absolute atomic E-state index is 0.571. The summed E-state index contributed by atoms with van der Waals surface area (Å²) in [5.74, 6) is 2.55. The molecule has 7 heteroatoms. The Kier molecular flexibility index (Phi) is 7.83. The Morgan fingerprint density at radius 2 is 1.70 bits per heavy atom. The second-order valence-electron chi connectivity index (χ2n) is 7.26. The minimum Gasteiger partial charge on any atom is -0.375 e. The van der Waals surface area contributed by atoms with Gasteiger partial charge in [-0.05, 0) is 31.0 Å². The fraction of sp³-hybridized carbons (Fsp3) is 0.348. The van der Waals surface area contributed by atoms with Crippen molar-refractivity contribution in [1.82, 2.24) is 25.4 Å². The van der Waals surface area contributed by atoms with Crippen LogP contribution in [0.2, 0.25) is 0 Å². The summed E-state index contributed by atoms with van der Waals surface area (Å²) in [6.45, 7) is 4.93. The van der Waals surface area contributed by atoms with Gasteiger partial charge in [-0.3, -0.25) is 0 Å². The van der Waals surface area contributed by atoms with Gasteiger partial charge in [0, 0.05) is 32.9 Å². The predicted molar refractivity (Wildman–Crippen MR) is 122 cm³/mol. The van der Waals surface area contributed by atoms with Crippen molar-refractivity contribution >= 4 is 11.6 Å². The number of aliphatic imine (C=N–C) groups is 1. The lowest BCUT2D eigenvalue weighted by molar-refractivity contribution is 0.697. The Hall–Kier alpha value is -3.35. The first-order valence-electron chi connectivity index (χ1n) is 10.3. The second kappa shape index (κ2) is 11.0. The number of hydrogen-bond donors (Lipinski definition) is 2. The lowest BCUT2D eigenvalue weighted by Gasteiger charge is -2.19. The van der Waals surface area contributed by atoms with Crippen molar-refractivity contribution < 1.29 is 0 Å². The molecule has 1 heterocycles. The molecule has 3 rings (SSSR count). The molecule has 0 spiro atoms. The third-order valence-corrected chi connectivity index (χ3v) is 5.02. The van der Waals surface area contributed by atoms with Crippen LogP contribution >= 0.6 is 0 Å². The van der Waals surface area contributed by atoms with E-state index in [1.54, 1.807) is 0 Å². The van der Waals surface area contributed by atoms with E-state index in [2.05, 4.69) is 69.2 Å². The first-order chi connectivity index (χ1) is 14.6. The molecule has 3 aromatic rings. The second-order valence-corrected chi connectivity index (χ2v) is 7.26. The van der Waals surface area contributed by atoms with E-state index in [0.717, 1.165) is 37.1 Å². The lowest BCUT2D eigenvalue weighted by Crippen LogP contribution is -2.39. The van der Waals surface area contributed by atoms with Crippen LogP contribution in [0, 0.1) is 6.92 Å². The highest BCUT2D eigenvalue weighted by molar-refractivity contribution is 5.79. The number of nitrogens with zero attached hydrogens (tertiary/aromatic N) is 5. The lowest BCUT2D eigenvalue weighted by atomic mass is 10.2. The number of nitrogens with one attached hydrogen (secondary N) is 2. The molecule has 30 heavy (non-hydrogen) atoms. The fourth-order valence-corrected chi connectivity index (χ4v) is 3.03. The topological polar surface area (TPSA) is 70.4 Å². The number of guanidine groups is 1. The van der Waals surface area contributed by atoms with E-state index in [0.29, 0.717) is 13.1 Å². The summed E-state index contributed by atoms with van der Waals surface area (Å²) >= 11 is 0. The smallest absolute Gasteiger partial charge is 0.191 e. The minimum atomic E-state index is 0.571. The maximum absolute atomic E-state index is 4.74. The Bertz CT molecular complexity index is 919. The number of aromatic nitrogens is 3. The van der Waals surface area contributed by atoms with Crippen LogP contribution in [0.5, 0.6) is 0 Å². The summed E-state index contributed by atoms with van der Waals surface area (Å²) in [5.41, 5.74) is 2.41. The van der Waals surface area contributed by atoms with Crippen molar-refractivity contribution in [3.8, 4) is 0 Å². The average Bonchev–Trinajstić information content (AvgIpc) is 3.11. The van der Waals surface area contributed by atoms with Gasteiger partial charge in [-0.25, -0.2) is 4.99 Å². The molecule has 2 N–H and O–H groups in total. The highest BCUT2D eigenvalue weighted by Gasteiger charge is 2.07. The largest absolute Gasteiger partial charge is 0.375 e. The molecule has 0 fully saturated rings. The monoisotopic (exact) mass is 405 g/mol. The maximum atomic E-state index is 4.74. The molecule has 1 aromatic heterocycles. The summed E-state index contributed by atoms with van der Waals surface area (Å²) in [6.07, 6.45) is 1.00. The predicted octanol–water partition coefficient (Wildman–Crippen LogP) is 2.89. The highest BCUT2D eigenvalue weighted by atomic mass is 15.3. The van der Waals surface area contributed by atoms with Crippen LogP contribution in [-0.4, -0.2) is 40.9 Å². The number of benzene rings is 2. The van der Waals surface area contributed by atoms with Crippen LogP contribution in [0.25, 0.3) is 0 Å². The molecule has 0 aliphatic heterocycles. The van der Waals surface area contributed by atoms with E-state index in [-0.39, 0.29) is 0 Å². The van der Waals surface area contributed by atoms with Crippen LogP contribution in [0.4, 0.5) is 5.69 Å². The molecular formula is C23H31N7. The van der Waals surface area contributed by atoms with Crippen molar-refractivity contribution in [2.45, 2.75) is 26.4 Å². The first kappa shape index (κ1) is 21.4. The van der Waals surface area contributed by atoms with Crippen LogP contribution in [0.1, 0.15) is 23.6 Å². The first-order valence-corrected chi connectivity index (χ1v) is 10.3. The molecule has 2 aromatic carbocycles. The van der Waals surface area contributed by atoms with Gasteiger partial charge >= 0.3 is 0 Å². The van der Waals surface area contributed by atoms with Crippen molar-refractivity contribution in [1.29, 1.82) is 0 Å². The van der Waals surface area contributed by atoms with Gasteiger partial charge in [-0.1, -0.05) is 48.5 Å². The number of anilines is 1. The Labute approximate surface area is 178 Å². The fourth-order valence-electron chi connectivity index (χ4n) is 3.03. The molecule has 0 bridgehead atoms. The van der Waals surface area contributed by atoms with E-state index in [1.807, 2.05) is 42.8 Å². The van der Waals surface area contributed by atoms with E-state index in [1.165, 1.54) is 11.3 Å². The SMILES string of the molecule is Cc1nnc(CNC(=NCc2ccccc2)NCCCN(C)c2ccccc2)n1C. The van der Waals surface area contributed by atoms with Crippen molar-refractivity contribution in [3.05, 3.63) is 77.9 Å². The summed E-state index contributed by atoms with van der Waals surface area (Å²) in [5, 5.41) is 15.2. The number of hydrogen-bond acceptors (Lipinski definition) is 4. The molecule has 0 amide bonds. The van der Waals surface area contributed by atoms with Gasteiger partial charge in [0.25, 0.3) is 0 Å². The van der Waals surface area contributed by atoms with Gasteiger partial charge in [-0.2, -0.15) is 0 Å². The van der Waals surface area contributed by atoms with Gasteiger partial charge in [0.2, 0.25) is 0 Å². The zero-order chi connectivity index (χ0) is 21.2. The number of aryl methyl sites for hydroxylation is 1. The standard InChI is InChI=1S/C23H31N7/c1-19-27-28-22(30(19)3)18-26-23(25-17-20-11-6-4-7-12-20)24-15-10-16-29(2)21-13-8-5-9-14-21/h4-9,11-14H,10,15-18H2,1-3H3,(H2,24,25,26). The van der Waals surface area contributed by atoms with Gasteiger partial charge < -0.3 is 20.1 Å². The molecule has 0 aliphatic rings. The van der Waals surface area contributed by atoms with Crippen molar-refractivity contribution in [2.24, 2.45) is 12.0 Å². The summed E-state index contributed by atoms with van der Waals surface area (Å²) in [6, 6.07) is 20.7. The number of rotatable bonds is 9. The molecular weight excluding hydrogens is 374 g/mol. The Morgan fingerprint density at radius 3 is 2.37 bits per heavy atom. The quantitative estimate of drug-likeness (QED) is 0.325. The van der Waals surface area contributed by atoms with E-state index in [9.17, 15) is 0 Å². The molecule has 0 aliphatic carbocycles. The number of para-hydroxylation sites is 1. The normalized spacial score (nSPS) is 11.4. The van der Waals surface area contributed by atoms with Crippen molar-refractivity contribution in [3.63, 3.8) is 0 Å².